The Hall–Kier alpha value is -0.880. The normalized spacial score (nSPS) is 11.1. The highest BCUT2D eigenvalue weighted by atomic mass is 31.0. The second-order valence-electron chi connectivity index (χ2n) is 1.78. The Labute approximate surface area is 54.0 Å². The van der Waals surface area contributed by atoms with Crippen molar-refractivity contribution in [3.8, 4) is 0 Å². The van der Waals surface area contributed by atoms with Crippen molar-refractivity contribution < 1.29 is 0 Å². The van der Waals surface area contributed by atoms with Gasteiger partial charge in [0.2, 0.25) is 0 Å². The highest BCUT2D eigenvalue weighted by Crippen LogP contribution is 2.18. The van der Waals surface area contributed by atoms with E-state index >= 15 is 0 Å². The Kier molecular flexibility index (Phi) is 0.998. The molecule has 1 unspecified atom stereocenters. The lowest BCUT2D eigenvalue weighted by Crippen LogP contribution is -1.69. The van der Waals surface area contributed by atoms with Crippen LogP contribution in [0.15, 0.2) is 24.3 Å². The van der Waals surface area contributed by atoms with Crippen LogP contribution in [0, 0.1) is 0 Å². The van der Waals surface area contributed by atoms with E-state index in [1.54, 1.807) is 6.20 Å². The van der Waals surface area contributed by atoms with E-state index in [9.17, 15) is 0 Å². The molecule has 2 nitrogen and oxygen atoms in total. The third-order valence-corrected chi connectivity index (χ3v) is 2.15. The minimum atomic E-state index is 0.726. The van der Waals surface area contributed by atoms with E-state index in [0.717, 1.165) is 13.8 Å². The molecule has 0 radical (unpaired) electrons. The van der Waals surface area contributed by atoms with Gasteiger partial charge in [0.15, 0.2) is 5.65 Å². The summed E-state index contributed by atoms with van der Waals surface area (Å²) in [5, 5.41) is 1.26. The molecule has 0 saturated carbocycles. The summed E-state index contributed by atoms with van der Waals surface area (Å²) in [6.07, 6.45) is 1.77. The minimum Gasteiger partial charge on any atom is -0.236 e. The largest absolute Gasteiger partial charge is 0.236 e. The molecule has 44 valence electrons. The summed E-state index contributed by atoms with van der Waals surface area (Å²) in [6, 6.07) is 4.01. The Morgan fingerprint density at radius 1 is 1.33 bits per heavy atom. The van der Waals surface area contributed by atoms with Gasteiger partial charge in [0, 0.05) is 17.2 Å². The molecular formula is C6H5N2P. The fraction of sp³-hybridized carbons (Fsp3) is 0. The fourth-order valence-electron chi connectivity index (χ4n) is 0.775. The van der Waals surface area contributed by atoms with Gasteiger partial charge in [-0.25, -0.2) is 9.97 Å². The summed E-state index contributed by atoms with van der Waals surface area (Å²) in [4.78, 5) is 8.14. The zero-order valence-corrected chi connectivity index (χ0v) is 5.70. The number of hydrogen-bond donors (Lipinski definition) is 0. The van der Waals surface area contributed by atoms with Crippen LogP contribution in [-0.2, 0) is 0 Å². The molecule has 2 rings (SSSR count). The van der Waals surface area contributed by atoms with Gasteiger partial charge >= 0.3 is 0 Å². The van der Waals surface area contributed by atoms with Crippen molar-refractivity contribution in [2.75, 3.05) is 0 Å². The molecule has 2 aromatic rings. The zero-order valence-electron chi connectivity index (χ0n) is 4.70. The lowest BCUT2D eigenvalue weighted by molar-refractivity contribution is 1.33. The molecule has 0 spiro atoms. The quantitative estimate of drug-likeness (QED) is 0.550. The molecule has 9 heavy (non-hydrogen) atoms. The molecule has 3 heteroatoms. The average Bonchev–Trinajstić information content (AvgIpc) is 2.33. The van der Waals surface area contributed by atoms with E-state index in [-0.39, 0.29) is 0 Å². The van der Waals surface area contributed by atoms with E-state index in [0.29, 0.717) is 0 Å². The molecule has 2 heterocycles. The van der Waals surface area contributed by atoms with Crippen molar-refractivity contribution in [3.63, 3.8) is 0 Å². The molecule has 0 fully saturated rings. The standard InChI is InChI=1S/C6H5N2P/c1-2-5-6(7-3-1)8-4-9-5/h1-4,9H. The lowest BCUT2D eigenvalue weighted by Gasteiger charge is -1.80. The predicted octanol–water partition coefficient (Wildman–Crippen LogP) is 1.66. The average molecular weight is 136 g/mol. The summed E-state index contributed by atoms with van der Waals surface area (Å²) < 4.78 is 0. The highest BCUT2D eigenvalue weighted by Gasteiger charge is 1.89. The number of fused-ring (bicyclic) bond motifs is 1. The molecule has 2 aromatic heterocycles. The summed E-state index contributed by atoms with van der Waals surface area (Å²) >= 11 is 0. The van der Waals surface area contributed by atoms with Crippen molar-refractivity contribution in [1.29, 1.82) is 0 Å². The van der Waals surface area contributed by atoms with Crippen molar-refractivity contribution in [1.82, 2.24) is 9.97 Å². The zero-order chi connectivity index (χ0) is 6.10. The van der Waals surface area contributed by atoms with Gasteiger partial charge < -0.3 is 0 Å². The second kappa shape index (κ2) is 1.82. The van der Waals surface area contributed by atoms with E-state index in [2.05, 4.69) is 16.0 Å². The molecular weight excluding hydrogens is 131 g/mol. The van der Waals surface area contributed by atoms with E-state index < -0.39 is 0 Å². The van der Waals surface area contributed by atoms with Crippen LogP contribution in [0.2, 0.25) is 0 Å². The van der Waals surface area contributed by atoms with Gasteiger partial charge in [-0.15, -0.1) is 8.19 Å². The molecule has 0 aliphatic rings. The third-order valence-electron chi connectivity index (χ3n) is 1.19. The molecule has 0 bridgehead atoms. The third kappa shape index (κ3) is 0.718. The maximum atomic E-state index is 4.08. The number of pyridine rings is 1. The van der Waals surface area contributed by atoms with Crippen LogP contribution in [-0.4, -0.2) is 9.97 Å². The number of aromatic nitrogens is 2. The van der Waals surface area contributed by atoms with Gasteiger partial charge in [0.25, 0.3) is 0 Å². The first-order valence-corrected chi connectivity index (χ1v) is 3.78. The SMILES string of the molecule is c1cnc2nc[pH]c2c1. The van der Waals surface area contributed by atoms with Crippen LogP contribution in [0.1, 0.15) is 0 Å². The van der Waals surface area contributed by atoms with Crippen molar-refractivity contribution >= 4 is 19.0 Å². The molecule has 0 saturated heterocycles. The topological polar surface area (TPSA) is 25.8 Å². The highest BCUT2D eigenvalue weighted by molar-refractivity contribution is 7.36. The van der Waals surface area contributed by atoms with Gasteiger partial charge in [0.1, 0.15) is 0 Å². The van der Waals surface area contributed by atoms with Crippen LogP contribution in [0.5, 0.6) is 0 Å². The number of hydrogen-bond acceptors (Lipinski definition) is 2. The van der Waals surface area contributed by atoms with Gasteiger partial charge in [-0.05, 0) is 12.1 Å². The molecule has 0 aliphatic heterocycles. The maximum Gasteiger partial charge on any atom is 0.163 e. The molecule has 0 aromatic carbocycles. The van der Waals surface area contributed by atoms with Crippen LogP contribution in [0.4, 0.5) is 0 Å². The predicted molar refractivity (Wildman–Crippen MR) is 39.0 cm³/mol. The first-order chi connectivity index (χ1) is 4.47. The Morgan fingerprint density at radius 3 is 3.22 bits per heavy atom. The van der Waals surface area contributed by atoms with Crippen molar-refractivity contribution in [2.45, 2.75) is 0 Å². The smallest absolute Gasteiger partial charge is 0.163 e. The van der Waals surface area contributed by atoms with Gasteiger partial charge in [-0.1, -0.05) is 0 Å². The number of nitrogens with zero attached hydrogens (tertiary/aromatic N) is 2. The molecule has 1 atom stereocenters. The Bertz CT molecular complexity index is 285. The monoisotopic (exact) mass is 136 g/mol. The van der Waals surface area contributed by atoms with Gasteiger partial charge in [-0.2, -0.15) is 0 Å². The molecule has 0 N–H and O–H groups in total. The summed E-state index contributed by atoms with van der Waals surface area (Å²) in [6.45, 7) is 0. The fourth-order valence-corrected chi connectivity index (χ4v) is 1.55. The van der Waals surface area contributed by atoms with E-state index in [1.165, 1.54) is 5.12 Å². The number of rotatable bonds is 0. The van der Waals surface area contributed by atoms with E-state index in [1.807, 2.05) is 12.0 Å². The van der Waals surface area contributed by atoms with Crippen LogP contribution >= 0.6 is 8.19 Å². The summed E-state index contributed by atoms with van der Waals surface area (Å²) in [5.41, 5.74) is 0.899. The lowest BCUT2D eigenvalue weighted by atomic mass is 10.5. The van der Waals surface area contributed by atoms with E-state index in [4.69, 9.17) is 0 Å². The summed E-state index contributed by atoms with van der Waals surface area (Å²) in [5.74, 6) is 1.91. The van der Waals surface area contributed by atoms with Gasteiger partial charge in [-0.3, -0.25) is 0 Å². The second-order valence-corrected chi connectivity index (χ2v) is 2.86. The molecule has 0 aliphatic carbocycles. The Morgan fingerprint density at radius 2 is 2.33 bits per heavy atom. The van der Waals surface area contributed by atoms with Gasteiger partial charge in [0.05, 0.1) is 0 Å². The van der Waals surface area contributed by atoms with Crippen molar-refractivity contribution in [2.24, 2.45) is 0 Å². The maximum absolute atomic E-state index is 4.08. The van der Waals surface area contributed by atoms with Crippen molar-refractivity contribution in [3.05, 3.63) is 24.3 Å². The Balaban J connectivity index is 2.95. The van der Waals surface area contributed by atoms with Crippen LogP contribution in [0.3, 0.4) is 0 Å². The van der Waals surface area contributed by atoms with Crippen LogP contribution in [0.25, 0.3) is 10.8 Å². The summed E-state index contributed by atoms with van der Waals surface area (Å²) in [7, 11) is 0.726. The molecule has 0 amide bonds. The first kappa shape index (κ1) is 4.95. The van der Waals surface area contributed by atoms with Crippen LogP contribution < -0.4 is 0 Å². The first-order valence-electron chi connectivity index (χ1n) is 2.71. The minimum absolute atomic E-state index is 0.726.